The average Bonchev–Trinajstić information content (AvgIpc) is 3.13. The van der Waals surface area contributed by atoms with Crippen molar-refractivity contribution in [1.82, 2.24) is 0 Å². The summed E-state index contributed by atoms with van der Waals surface area (Å²) in [7, 11) is 3.10. The molecule has 0 aromatic heterocycles. The molecule has 32 heavy (non-hydrogen) atoms. The maximum atomic E-state index is 12.8. The van der Waals surface area contributed by atoms with E-state index in [0.717, 1.165) is 23.1 Å². The van der Waals surface area contributed by atoms with Crippen molar-refractivity contribution >= 4 is 11.9 Å². The molecule has 0 saturated heterocycles. The average molecular weight is 440 g/mol. The SMILES string of the molecule is COc1ccc(-c2cccc3c2COC3=O)c(OCC2(C(=O)OC(C)C)CCC2)c1OC. The van der Waals surface area contributed by atoms with Crippen LogP contribution in [0.2, 0.25) is 0 Å². The largest absolute Gasteiger partial charge is 0.493 e. The van der Waals surface area contributed by atoms with Gasteiger partial charge >= 0.3 is 11.9 Å². The second-order valence-corrected chi connectivity index (χ2v) is 8.46. The minimum Gasteiger partial charge on any atom is -0.493 e. The Kier molecular flexibility index (Phi) is 6.00. The number of rotatable bonds is 8. The van der Waals surface area contributed by atoms with Gasteiger partial charge in [-0.25, -0.2) is 4.79 Å². The maximum Gasteiger partial charge on any atom is 0.338 e. The normalized spacial score (nSPS) is 16.1. The molecule has 1 fully saturated rings. The lowest BCUT2D eigenvalue weighted by molar-refractivity contribution is -0.168. The molecule has 7 nitrogen and oxygen atoms in total. The third-order valence-electron chi connectivity index (χ3n) is 6.11. The molecular formula is C25H28O7. The van der Waals surface area contributed by atoms with E-state index in [1.54, 1.807) is 26.4 Å². The van der Waals surface area contributed by atoms with Gasteiger partial charge in [0.1, 0.15) is 18.6 Å². The first-order valence-corrected chi connectivity index (χ1v) is 10.8. The van der Waals surface area contributed by atoms with E-state index in [-0.39, 0.29) is 31.3 Å². The summed E-state index contributed by atoms with van der Waals surface area (Å²) in [6.07, 6.45) is 2.18. The smallest absolute Gasteiger partial charge is 0.338 e. The predicted molar refractivity (Wildman–Crippen MR) is 117 cm³/mol. The monoisotopic (exact) mass is 440 g/mol. The molecular weight excluding hydrogens is 412 g/mol. The van der Waals surface area contributed by atoms with Crippen LogP contribution in [0.5, 0.6) is 17.2 Å². The summed E-state index contributed by atoms with van der Waals surface area (Å²) in [4.78, 5) is 24.9. The Bertz CT molecular complexity index is 1040. The van der Waals surface area contributed by atoms with Crippen LogP contribution in [0.3, 0.4) is 0 Å². The molecule has 0 radical (unpaired) electrons. The fourth-order valence-electron chi connectivity index (χ4n) is 4.22. The highest BCUT2D eigenvalue weighted by Crippen LogP contribution is 2.49. The van der Waals surface area contributed by atoms with E-state index < -0.39 is 5.41 Å². The quantitative estimate of drug-likeness (QED) is 0.558. The minimum absolute atomic E-state index is 0.166. The van der Waals surface area contributed by atoms with Gasteiger partial charge in [-0.05, 0) is 50.5 Å². The molecule has 0 unspecified atom stereocenters. The Morgan fingerprint density at radius 2 is 1.78 bits per heavy atom. The zero-order chi connectivity index (χ0) is 22.9. The lowest BCUT2D eigenvalue weighted by atomic mass is 9.69. The number of esters is 2. The van der Waals surface area contributed by atoms with E-state index in [9.17, 15) is 9.59 Å². The van der Waals surface area contributed by atoms with E-state index in [1.807, 2.05) is 32.0 Å². The van der Waals surface area contributed by atoms with E-state index in [2.05, 4.69) is 0 Å². The number of hydrogen-bond acceptors (Lipinski definition) is 7. The molecule has 2 aromatic carbocycles. The number of carbonyl (C=O) groups is 2. The Hall–Kier alpha value is -3.22. The molecule has 0 spiro atoms. The first-order chi connectivity index (χ1) is 15.4. The predicted octanol–water partition coefficient (Wildman–Crippen LogP) is 4.54. The van der Waals surface area contributed by atoms with E-state index in [1.165, 1.54) is 0 Å². The van der Waals surface area contributed by atoms with Crippen molar-refractivity contribution in [1.29, 1.82) is 0 Å². The lowest BCUT2D eigenvalue weighted by Crippen LogP contribution is -2.45. The van der Waals surface area contributed by atoms with Crippen LogP contribution in [0.25, 0.3) is 11.1 Å². The van der Waals surface area contributed by atoms with Gasteiger partial charge in [0, 0.05) is 11.1 Å². The van der Waals surface area contributed by atoms with Gasteiger partial charge in [-0.2, -0.15) is 0 Å². The molecule has 0 atom stereocenters. The van der Waals surface area contributed by atoms with Crippen LogP contribution in [0.15, 0.2) is 30.3 Å². The highest BCUT2D eigenvalue weighted by atomic mass is 16.6. The van der Waals surface area contributed by atoms with Crippen molar-refractivity contribution < 1.29 is 33.3 Å². The molecule has 170 valence electrons. The second-order valence-electron chi connectivity index (χ2n) is 8.46. The molecule has 1 aliphatic heterocycles. The summed E-state index contributed by atoms with van der Waals surface area (Å²) in [5.74, 6) is 0.831. The minimum atomic E-state index is -0.673. The topological polar surface area (TPSA) is 80.3 Å². The van der Waals surface area contributed by atoms with Crippen LogP contribution in [0.4, 0.5) is 0 Å². The van der Waals surface area contributed by atoms with Gasteiger partial charge in [0.15, 0.2) is 11.5 Å². The Morgan fingerprint density at radius 1 is 1.03 bits per heavy atom. The molecule has 0 N–H and O–H groups in total. The van der Waals surface area contributed by atoms with Gasteiger partial charge in [-0.15, -0.1) is 0 Å². The van der Waals surface area contributed by atoms with Crippen molar-refractivity contribution in [3.63, 3.8) is 0 Å². The molecule has 1 heterocycles. The number of carbonyl (C=O) groups excluding carboxylic acids is 2. The van der Waals surface area contributed by atoms with Crippen LogP contribution in [-0.2, 0) is 20.9 Å². The molecule has 2 aromatic rings. The fourth-order valence-corrected chi connectivity index (χ4v) is 4.22. The first kappa shape index (κ1) is 22.0. The zero-order valence-electron chi connectivity index (χ0n) is 18.9. The first-order valence-electron chi connectivity index (χ1n) is 10.8. The van der Waals surface area contributed by atoms with Gasteiger partial charge in [0.2, 0.25) is 5.75 Å². The van der Waals surface area contributed by atoms with Crippen LogP contribution >= 0.6 is 0 Å². The number of fused-ring (bicyclic) bond motifs is 1. The molecule has 7 heteroatoms. The van der Waals surface area contributed by atoms with Crippen LogP contribution in [0, 0.1) is 5.41 Å². The molecule has 0 bridgehead atoms. The lowest BCUT2D eigenvalue weighted by Gasteiger charge is -2.39. The number of methoxy groups -OCH3 is 2. The molecule has 1 saturated carbocycles. The van der Waals surface area contributed by atoms with E-state index in [0.29, 0.717) is 35.7 Å². The number of cyclic esters (lactones) is 1. The van der Waals surface area contributed by atoms with Gasteiger partial charge in [-0.1, -0.05) is 18.6 Å². The van der Waals surface area contributed by atoms with Crippen molar-refractivity contribution in [2.75, 3.05) is 20.8 Å². The molecule has 1 aliphatic carbocycles. The van der Waals surface area contributed by atoms with E-state index >= 15 is 0 Å². The Labute approximate surface area is 187 Å². The molecule has 0 amide bonds. The highest BCUT2D eigenvalue weighted by molar-refractivity contribution is 5.96. The third-order valence-corrected chi connectivity index (χ3v) is 6.11. The van der Waals surface area contributed by atoms with Gasteiger partial charge in [-0.3, -0.25) is 4.79 Å². The fraction of sp³-hybridized carbons (Fsp3) is 0.440. The zero-order valence-corrected chi connectivity index (χ0v) is 18.9. The van der Waals surface area contributed by atoms with Crippen molar-refractivity contribution in [3.05, 3.63) is 41.5 Å². The summed E-state index contributed by atoms with van der Waals surface area (Å²) in [6, 6.07) is 9.15. The van der Waals surface area contributed by atoms with Gasteiger partial charge < -0.3 is 23.7 Å². The number of ether oxygens (including phenoxy) is 5. The Morgan fingerprint density at radius 3 is 2.41 bits per heavy atom. The molecule has 4 rings (SSSR count). The third kappa shape index (κ3) is 3.76. The van der Waals surface area contributed by atoms with Crippen LogP contribution in [0.1, 0.15) is 49.0 Å². The van der Waals surface area contributed by atoms with Crippen molar-refractivity contribution in [3.8, 4) is 28.4 Å². The van der Waals surface area contributed by atoms with Crippen LogP contribution in [-0.4, -0.2) is 38.9 Å². The summed E-state index contributed by atoms with van der Waals surface area (Å²) < 4.78 is 28.2. The van der Waals surface area contributed by atoms with Gasteiger partial charge in [0.25, 0.3) is 0 Å². The Balaban J connectivity index is 1.75. The standard InChI is InChI=1S/C25H28O7/c1-15(2)32-24(27)25(11-6-12-25)14-31-21-17(9-10-20(28-3)22(21)29-4)16-7-5-8-18-19(16)13-30-23(18)26/h5,7-10,15H,6,11-14H2,1-4H3. The maximum absolute atomic E-state index is 12.8. The number of benzene rings is 2. The summed E-state index contributed by atoms with van der Waals surface area (Å²) in [5.41, 5.74) is 2.22. The summed E-state index contributed by atoms with van der Waals surface area (Å²) in [5, 5.41) is 0. The second kappa shape index (κ2) is 8.73. The number of hydrogen-bond donors (Lipinski definition) is 0. The van der Waals surface area contributed by atoms with Crippen molar-refractivity contribution in [2.24, 2.45) is 5.41 Å². The van der Waals surface area contributed by atoms with E-state index in [4.69, 9.17) is 23.7 Å². The van der Waals surface area contributed by atoms with Crippen molar-refractivity contribution in [2.45, 2.75) is 45.8 Å². The molecule has 2 aliphatic rings. The van der Waals surface area contributed by atoms with Gasteiger partial charge in [0.05, 0.1) is 25.9 Å². The summed E-state index contributed by atoms with van der Waals surface area (Å²) >= 11 is 0. The van der Waals surface area contributed by atoms with Crippen LogP contribution < -0.4 is 14.2 Å². The summed E-state index contributed by atoms with van der Waals surface area (Å²) in [6.45, 7) is 4.05. The highest BCUT2D eigenvalue weighted by Gasteiger charge is 2.47.